The standard InChI is InChI=1S/C6H10O4.Li.H/c1-3(2)4(5(7)8)6(9)10;;/h3-4H,1-2H3,(H,7,8)(H,9,10);;/q;+1;-1. The van der Waals surface area contributed by atoms with E-state index in [9.17, 15) is 9.59 Å². The van der Waals surface area contributed by atoms with Crippen LogP contribution >= 0.6 is 0 Å². The summed E-state index contributed by atoms with van der Waals surface area (Å²) in [5, 5.41) is 16.7. The molecule has 0 radical (unpaired) electrons. The molecule has 0 aliphatic rings. The van der Waals surface area contributed by atoms with Crippen LogP contribution in [0.1, 0.15) is 15.3 Å². The summed E-state index contributed by atoms with van der Waals surface area (Å²) >= 11 is 0. The van der Waals surface area contributed by atoms with Crippen molar-refractivity contribution in [3.63, 3.8) is 0 Å². The van der Waals surface area contributed by atoms with Crippen LogP contribution in [0.2, 0.25) is 0 Å². The Kier molecular flexibility index (Phi) is 6.24. The second-order valence-electron chi connectivity index (χ2n) is 2.40. The molecule has 4 nitrogen and oxygen atoms in total. The van der Waals surface area contributed by atoms with E-state index in [0.29, 0.717) is 0 Å². The molecule has 0 aromatic rings. The van der Waals surface area contributed by atoms with E-state index in [1.165, 1.54) is 0 Å². The first-order valence-electron chi connectivity index (χ1n) is 2.92. The molecule has 0 fully saturated rings. The van der Waals surface area contributed by atoms with Crippen molar-refractivity contribution in [3.8, 4) is 0 Å². The van der Waals surface area contributed by atoms with Crippen LogP contribution in [0.4, 0.5) is 0 Å². The molecule has 0 aliphatic heterocycles. The summed E-state index contributed by atoms with van der Waals surface area (Å²) in [6.07, 6.45) is 0. The molecule has 0 atom stereocenters. The summed E-state index contributed by atoms with van der Waals surface area (Å²) in [5.74, 6) is -4.19. The number of hydrogen-bond donors (Lipinski definition) is 2. The Hall–Kier alpha value is -0.463. The van der Waals surface area contributed by atoms with Crippen LogP contribution in [-0.4, -0.2) is 22.2 Å². The van der Waals surface area contributed by atoms with Crippen molar-refractivity contribution in [1.82, 2.24) is 0 Å². The maximum atomic E-state index is 10.2. The molecule has 0 rings (SSSR count). The number of carbonyl (C=O) groups is 2. The van der Waals surface area contributed by atoms with Gasteiger partial charge in [0.1, 0.15) is 0 Å². The van der Waals surface area contributed by atoms with Gasteiger partial charge < -0.3 is 11.6 Å². The minimum absolute atomic E-state index is 0. The quantitative estimate of drug-likeness (QED) is 0.349. The van der Waals surface area contributed by atoms with E-state index in [1.54, 1.807) is 13.8 Å². The smallest absolute Gasteiger partial charge is 1.00 e. The van der Waals surface area contributed by atoms with Gasteiger partial charge in [0.15, 0.2) is 5.92 Å². The van der Waals surface area contributed by atoms with Crippen molar-refractivity contribution >= 4 is 11.9 Å². The van der Waals surface area contributed by atoms with Crippen molar-refractivity contribution in [2.75, 3.05) is 0 Å². The van der Waals surface area contributed by atoms with Gasteiger partial charge in [-0.1, -0.05) is 13.8 Å². The van der Waals surface area contributed by atoms with Gasteiger partial charge in [-0.25, -0.2) is 0 Å². The van der Waals surface area contributed by atoms with E-state index < -0.39 is 17.9 Å². The van der Waals surface area contributed by atoms with Gasteiger partial charge in [0.25, 0.3) is 0 Å². The van der Waals surface area contributed by atoms with E-state index in [0.717, 1.165) is 0 Å². The molecule has 0 saturated heterocycles. The van der Waals surface area contributed by atoms with Crippen LogP contribution in [0, 0.1) is 11.8 Å². The summed E-state index contributed by atoms with van der Waals surface area (Å²) in [4.78, 5) is 20.4. The maximum absolute atomic E-state index is 10.2. The van der Waals surface area contributed by atoms with Gasteiger partial charge in [-0.2, -0.15) is 0 Å². The van der Waals surface area contributed by atoms with Crippen LogP contribution in [0.25, 0.3) is 0 Å². The molecular formula is C6H11LiO4. The monoisotopic (exact) mass is 154 g/mol. The third-order valence-corrected chi connectivity index (χ3v) is 1.20. The Morgan fingerprint density at radius 3 is 1.45 bits per heavy atom. The van der Waals surface area contributed by atoms with Crippen LogP contribution in [0.3, 0.4) is 0 Å². The fraction of sp³-hybridized carbons (Fsp3) is 0.667. The number of rotatable bonds is 3. The minimum atomic E-state index is -1.28. The molecule has 0 spiro atoms. The molecule has 0 saturated carbocycles. The molecule has 5 heteroatoms. The zero-order chi connectivity index (χ0) is 8.31. The van der Waals surface area contributed by atoms with E-state index in [1.807, 2.05) is 0 Å². The number of carboxylic acids is 2. The number of aliphatic carboxylic acids is 2. The molecule has 0 aromatic carbocycles. The van der Waals surface area contributed by atoms with Crippen molar-refractivity contribution in [2.24, 2.45) is 11.8 Å². The molecule has 0 aromatic heterocycles. The Morgan fingerprint density at radius 1 is 1.18 bits per heavy atom. The maximum Gasteiger partial charge on any atom is 1.00 e. The summed E-state index contributed by atoms with van der Waals surface area (Å²) < 4.78 is 0. The van der Waals surface area contributed by atoms with E-state index in [4.69, 9.17) is 10.2 Å². The van der Waals surface area contributed by atoms with Gasteiger partial charge in [-0.05, 0) is 5.92 Å². The molecular weight excluding hydrogens is 143 g/mol. The summed E-state index contributed by atoms with van der Waals surface area (Å²) in [6, 6.07) is 0. The first kappa shape index (κ1) is 13.2. The molecule has 0 amide bonds. The number of carboxylic acid groups (broad SMARTS) is 2. The topological polar surface area (TPSA) is 74.6 Å². The molecule has 0 bridgehead atoms. The second kappa shape index (κ2) is 5.22. The minimum Gasteiger partial charge on any atom is -1.00 e. The predicted molar refractivity (Wildman–Crippen MR) is 34.7 cm³/mol. The third-order valence-electron chi connectivity index (χ3n) is 1.20. The zero-order valence-corrected chi connectivity index (χ0v) is 6.87. The average molecular weight is 154 g/mol. The molecule has 0 aliphatic carbocycles. The first-order valence-corrected chi connectivity index (χ1v) is 2.92. The molecule has 60 valence electrons. The van der Waals surface area contributed by atoms with Gasteiger partial charge in [-0.3, -0.25) is 9.59 Å². The fourth-order valence-electron chi connectivity index (χ4n) is 0.676. The van der Waals surface area contributed by atoms with Gasteiger partial charge >= 0.3 is 30.8 Å². The fourth-order valence-corrected chi connectivity index (χ4v) is 0.676. The van der Waals surface area contributed by atoms with Gasteiger partial charge in [0.2, 0.25) is 0 Å². The van der Waals surface area contributed by atoms with Gasteiger partial charge in [0, 0.05) is 0 Å². The Labute approximate surface area is 78.3 Å². The number of hydrogen-bond acceptors (Lipinski definition) is 2. The Morgan fingerprint density at radius 2 is 1.45 bits per heavy atom. The van der Waals surface area contributed by atoms with E-state index in [-0.39, 0.29) is 26.2 Å². The zero-order valence-electron chi connectivity index (χ0n) is 7.87. The van der Waals surface area contributed by atoms with E-state index >= 15 is 0 Å². The van der Waals surface area contributed by atoms with Crippen LogP contribution in [-0.2, 0) is 9.59 Å². The SMILES string of the molecule is CC(C)C(C(=O)O)C(=O)O.[H-].[Li+]. The molecule has 0 heterocycles. The summed E-state index contributed by atoms with van der Waals surface area (Å²) in [5.41, 5.74) is 0. The van der Waals surface area contributed by atoms with Crippen molar-refractivity contribution in [2.45, 2.75) is 13.8 Å². The summed E-state index contributed by atoms with van der Waals surface area (Å²) in [6.45, 7) is 3.12. The average Bonchev–Trinajstić information content (AvgIpc) is 1.59. The third kappa shape index (κ3) is 4.07. The largest absolute Gasteiger partial charge is 1.00 e. The summed E-state index contributed by atoms with van der Waals surface area (Å²) in [7, 11) is 0. The predicted octanol–water partition coefficient (Wildman–Crippen LogP) is -2.46. The van der Waals surface area contributed by atoms with Gasteiger partial charge in [0.05, 0.1) is 0 Å². The van der Waals surface area contributed by atoms with Crippen LogP contribution < -0.4 is 18.9 Å². The van der Waals surface area contributed by atoms with Crippen molar-refractivity contribution < 1.29 is 40.1 Å². The Balaban J connectivity index is -0.000000405. The first-order chi connectivity index (χ1) is 4.46. The van der Waals surface area contributed by atoms with E-state index in [2.05, 4.69) is 0 Å². The molecule has 2 N–H and O–H groups in total. The normalized spacial score (nSPS) is 9.45. The Bertz CT molecular complexity index is 146. The van der Waals surface area contributed by atoms with Crippen LogP contribution in [0.5, 0.6) is 0 Å². The van der Waals surface area contributed by atoms with Crippen molar-refractivity contribution in [3.05, 3.63) is 0 Å². The van der Waals surface area contributed by atoms with Crippen LogP contribution in [0.15, 0.2) is 0 Å². The molecule has 0 unspecified atom stereocenters. The van der Waals surface area contributed by atoms with Gasteiger partial charge in [-0.15, -0.1) is 0 Å². The molecule has 11 heavy (non-hydrogen) atoms. The second-order valence-corrected chi connectivity index (χ2v) is 2.40. The van der Waals surface area contributed by atoms with Crippen molar-refractivity contribution in [1.29, 1.82) is 0 Å².